The second-order valence-electron chi connectivity index (χ2n) is 3.69. The van der Waals surface area contributed by atoms with E-state index in [0.29, 0.717) is 5.92 Å². The first-order valence-corrected chi connectivity index (χ1v) is 4.87. The Labute approximate surface area is 84.0 Å². The molecule has 0 aliphatic carbocycles. The third kappa shape index (κ3) is 1.55. The molecular weight excluding hydrogens is 172 g/mol. The van der Waals surface area contributed by atoms with E-state index in [1.165, 1.54) is 11.3 Å². The maximum Gasteiger partial charge on any atom is 0.0929 e. The molecule has 0 unspecified atom stereocenters. The Kier molecular flexibility index (Phi) is 2.35. The summed E-state index contributed by atoms with van der Waals surface area (Å²) in [5, 5.41) is 0. The van der Waals surface area contributed by atoms with Crippen LogP contribution in [0.4, 0.5) is 0 Å². The molecule has 14 heavy (non-hydrogen) atoms. The summed E-state index contributed by atoms with van der Waals surface area (Å²) in [7, 11) is 0. The summed E-state index contributed by atoms with van der Waals surface area (Å²) in [6, 6.07) is 10.3. The van der Waals surface area contributed by atoms with Gasteiger partial charge in [0.05, 0.1) is 12.0 Å². The van der Waals surface area contributed by atoms with Crippen molar-refractivity contribution in [3.63, 3.8) is 0 Å². The van der Waals surface area contributed by atoms with Gasteiger partial charge in [0.15, 0.2) is 0 Å². The molecule has 0 aliphatic rings. The van der Waals surface area contributed by atoms with E-state index in [2.05, 4.69) is 35.9 Å². The third-order valence-electron chi connectivity index (χ3n) is 2.29. The molecule has 1 aromatic heterocycles. The summed E-state index contributed by atoms with van der Waals surface area (Å²) >= 11 is 0. The summed E-state index contributed by atoms with van der Waals surface area (Å²) in [5.74, 6) is 0.479. The Morgan fingerprint density at radius 2 is 1.86 bits per heavy atom. The number of hydrogen-bond donors (Lipinski definition) is 1. The zero-order valence-electron chi connectivity index (χ0n) is 8.49. The number of benzene rings is 1. The first-order valence-electron chi connectivity index (χ1n) is 4.87. The van der Waals surface area contributed by atoms with E-state index in [1.54, 1.807) is 6.33 Å². The van der Waals surface area contributed by atoms with Crippen molar-refractivity contribution in [3.05, 3.63) is 42.4 Å². The molecule has 0 saturated heterocycles. The van der Waals surface area contributed by atoms with Crippen molar-refractivity contribution >= 4 is 0 Å². The number of hydrogen-bond acceptors (Lipinski definition) is 1. The second kappa shape index (κ2) is 3.66. The van der Waals surface area contributed by atoms with Crippen molar-refractivity contribution in [2.75, 3.05) is 0 Å². The minimum absolute atomic E-state index is 0.479. The van der Waals surface area contributed by atoms with Gasteiger partial charge in [-0.25, -0.2) is 4.98 Å². The molecule has 72 valence electrons. The first-order chi connectivity index (χ1) is 6.79. The van der Waals surface area contributed by atoms with Crippen LogP contribution in [-0.2, 0) is 0 Å². The molecule has 0 aliphatic heterocycles. The fourth-order valence-corrected chi connectivity index (χ4v) is 1.57. The molecule has 0 spiro atoms. The highest BCUT2D eigenvalue weighted by atomic mass is 14.9. The van der Waals surface area contributed by atoms with Crippen LogP contribution in [-0.4, -0.2) is 9.97 Å². The third-order valence-corrected chi connectivity index (χ3v) is 2.29. The van der Waals surface area contributed by atoms with Gasteiger partial charge in [0.2, 0.25) is 0 Å². The van der Waals surface area contributed by atoms with Crippen LogP contribution in [0.5, 0.6) is 0 Å². The van der Waals surface area contributed by atoms with Gasteiger partial charge in [0.25, 0.3) is 0 Å². The average molecular weight is 186 g/mol. The molecule has 1 N–H and O–H groups in total. The zero-order valence-corrected chi connectivity index (χ0v) is 8.49. The van der Waals surface area contributed by atoms with Crippen molar-refractivity contribution in [3.8, 4) is 11.3 Å². The van der Waals surface area contributed by atoms with Gasteiger partial charge >= 0.3 is 0 Å². The van der Waals surface area contributed by atoms with Crippen LogP contribution in [0.15, 0.2) is 36.7 Å². The number of imidazole rings is 1. The number of aromatic amines is 1. The SMILES string of the molecule is CC(C)c1[nH]cnc1-c1ccccc1. The van der Waals surface area contributed by atoms with Gasteiger partial charge in [-0.1, -0.05) is 44.2 Å². The van der Waals surface area contributed by atoms with E-state index >= 15 is 0 Å². The zero-order chi connectivity index (χ0) is 9.97. The molecular formula is C12H14N2. The second-order valence-corrected chi connectivity index (χ2v) is 3.69. The fraction of sp³-hybridized carbons (Fsp3) is 0.250. The van der Waals surface area contributed by atoms with Gasteiger partial charge in [-0.05, 0) is 5.92 Å². The standard InChI is InChI=1S/C12H14N2/c1-9(2)11-12(14-8-13-11)10-6-4-3-5-7-10/h3-9H,1-2H3,(H,13,14). The lowest BCUT2D eigenvalue weighted by molar-refractivity contribution is 0.835. The lowest BCUT2D eigenvalue weighted by Crippen LogP contribution is -1.90. The summed E-state index contributed by atoms with van der Waals surface area (Å²) in [6.07, 6.45) is 1.76. The largest absolute Gasteiger partial charge is 0.348 e. The van der Waals surface area contributed by atoms with Crippen molar-refractivity contribution in [1.29, 1.82) is 0 Å². The number of aromatic nitrogens is 2. The van der Waals surface area contributed by atoms with Crippen LogP contribution in [0, 0.1) is 0 Å². The molecule has 2 rings (SSSR count). The molecule has 2 heteroatoms. The predicted octanol–water partition coefficient (Wildman–Crippen LogP) is 3.20. The lowest BCUT2D eigenvalue weighted by Gasteiger charge is -2.05. The Hall–Kier alpha value is -1.57. The average Bonchev–Trinajstić information content (AvgIpc) is 2.67. The summed E-state index contributed by atoms with van der Waals surface area (Å²) in [5.41, 5.74) is 3.45. The van der Waals surface area contributed by atoms with Crippen LogP contribution < -0.4 is 0 Å². The topological polar surface area (TPSA) is 28.7 Å². The highest BCUT2D eigenvalue weighted by Gasteiger charge is 2.10. The van der Waals surface area contributed by atoms with E-state index in [0.717, 1.165) is 5.69 Å². The molecule has 0 saturated carbocycles. The Morgan fingerprint density at radius 1 is 1.14 bits per heavy atom. The van der Waals surface area contributed by atoms with Crippen molar-refractivity contribution < 1.29 is 0 Å². The smallest absolute Gasteiger partial charge is 0.0929 e. The van der Waals surface area contributed by atoms with Crippen LogP contribution in [0.25, 0.3) is 11.3 Å². The van der Waals surface area contributed by atoms with Crippen LogP contribution in [0.1, 0.15) is 25.5 Å². The number of nitrogens with one attached hydrogen (secondary N) is 1. The number of rotatable bonds is 2. The number of nitrogens with zero attached hydrogens (tertiary/aromatic N) is 1. The first kappa shape index (κ1) is 9.00. The van der Waals surface area contributed by atoms with Crippen molar-refractivity contribution in [1.82, 2.24) is 9.97 Å². The van der Waals surface area contributed by atoms with Gasteiger partial charge in [-0.15, -0.1) is 0 Å². The quantitative estimate of drug-likeness (QED) is 0.766. The van der Waals surface area contributed by atoms with E-state index < -0.39 is 0 Å². The molecule has 2 aromatic rings. The summed E-state index contributed by atoms with van der Waals surface area (Å²) in [4.78, 5) is 7.54. The van der Waals surface area contributed by atoms with E-state index in [1.807, 2.05) is 18.2 Å². The van der Waals surface area contributed by atoms with Gasteiger partial charge in [-0.2, -0.15) is 0 Å². The van der Waals surface area contributed by atoms with Gasteiger partial charge < -0.3 is 4.98 Å². The van der Waals surface area contributed by atoms with Gasteiger partial charge in [0, 0.05) is 11.3 Å². The monoisotopic (exact) mass is 186 g/mol. The highest BCUT2D eigenvalue weighted by molar-refractivity contribution is 5.61. The fourth-order valence-electron chi connectivity index (χ4n) is 1.57. The maximum absolute atomic E-state index is 4.35. The van der Waals surface area contributed by atoms with Crippen LogP contribution in [0.2, 0.25) is 0 Å². The maximum atomic E-state index is 4.35. The molecule has 0 atom stereocenters. The Morgan fingerprint density at radius 3 is 2.50 bits per heavy atom. The Balaban J connectivity index is 2.47. The van der Waals surface area contributed by atoms with E-state index in [9.17, 15) is 0 Å². The molecule has 0 fully saturated rings. The molecule has 2 nitrogen and oxygen atoms in total. The summed E-state index contributed by atoms with van der Waals surface area (Å²) in [6.45, 7) is 4.33. The molecule has 1 aromatic carbocycles. The molecule has 0 radical (unpaired) electrons. The summed E-state index contributed by atoms with van der Waals surface area (Å²) < 4.78 is 0. The highest BCUT2D eigenvalue weighted by Crippen LogP contribution is 2.25. The Bertz CT molecular complexity index is 401. The minimum atomic E-state index is 0.479. The van der Waals surface area contributed by atoms with Crippen LogP contribution >= 0.6 is 0 Å². The van der Waals surface area contributed by atoms with Crippen LogP contribution in [0.3, 0.4) is 0 Å². The molecule has 1 heterocycles. The van der Waals surface area contributed by atoms with Gasteiger partial charge in [-0.3, -0.25) is 0 Å². The number of H-pyrrole nitrogens is 1. The van der Waals surface area contributed by atoms with Crippen molar-refractivity contribution in [2.24, 2.45) is 0 Å². The van der Waals surface area contributed by atoms with Crippen molar-refractivity contribution in [2.45, 2.75) is 19.8 Å². The molecule has 0 amide bonds. The van der Waals surface area contributed by atoms with E-state index in [-0.39, 0.29) is 0 Å². The lowest BCUT2D eigenvalue weighted by atomic mass is 10.0. The molecule has 0 bridgehead atoms. The van der Waals surface area contributed by atoms with Gasteiger partial charge in [0.1, 0.15) is 0 Å². The minimum Gasteiger partial charge on any atom is -0.348 e. The van der Waals surface area contributed by atoms with E-state index in [4.69, 9.17) is 0 Å². The predicted molar refractivity (Wildman–Crippen MR) is 58.1 cm³/mol. The normalized spacial score (nSPS) is 10.8.